The van der Waals surface area contributed by atoms with Gasteiger partial charge >= 0.3 is 6.03 Å². The number of carbonyl (C=O) groups is 1. The smallest absolute Gasteiger partial charge is 0.404 e. The minimum Gasteiger partial charge on any atom is -0.493 e. The molecule has 4 aromatic carbocycles. The van der Waals surface area contributed by atoms with Gasteiger partial charge in [0.2, 0.25) is 11.8 Å². The van der Waals surface area contributed by atoms with E-state index < -0.39 is 6.03 Å². The Balaban J connectivity index is 1.29. The second-order valence-electron chi connectivity index (χ2n) is 9.20. The molecule has 0 bridgehead atoms. The van der Waals surface area contributed by atoms with Crippen LogP contribution in [0.4, 0.5) is 16.2 Å². The van der Waals surface area contributed by atoms with Gasteiger partial charge in [-0.05, 0) is 23.3 Å². The van der Waals surface area contributed by atoms with Crippen LogP contribution in [0.3, 0.4) is 0 Å². The van der Waals surface area contributed by atoms with E-state index in [2.05, 4.69) is 20.5 Å². The van der Waals surface area contributed by atoms with Gasteiger partial charge in [-0.2, -0.15) is 0 Å². The highest BCUT2D eigenvalue weighted by Crippen LogP contribution is 2.40. The van der Waals surface area contributed by atoms with Crippen LogP contribution in [0.5, 0.6) is 11.8 Å². The molecule has 9 nitrogen and oxygen atoms in total. The third-order valence-corrected chi connectivity index (χ3v) is 6.67. The van der Waals surface area contributed by atoms with Gasteiger partial charge in [-0.3, -0.25) is 0 Å². The van der Waals surface area contributed by atoms with Crippen LogP contribution in [-0.4, -0.2) is 25.4 Å². The Morgan fingerprint density at radius 1 is 0.550 bits per heavy atom. The summed E-state index contributed by atoms with van der Waals surface area (Å²) >= 11 is 0. The summed E-state index contributed by atoms with van der Waals surface area (Å²) in [5.41, 5.74) is 3.83. The number of fused-ring (bicyclic) bond motifs is 2. The lowest BCUT2D eigenvalue weighted by molar-refractivity contribution is 0.254. The maximum atomic E-state index is 12.6. The summed E-state index contributed by atoms with van der Waals surface area (Å²) in [5, 5.41) is 38.7. The molecule has 0 saturated carbocycles. The number of azo groups is 2. The molecule has 196 valence electrons. The molecule has 40 heavy (non-hydrogen) atoms. The fourth-order valence-electron chi connectivity index (χ4n) is 4.80. The quantitative estimate of drug-likeness (QED) is 0.213. The lowest BCUT2D eigenvalue weighted by Crippen LogP contribution is -1.98. The molecule has 0 aliphatic heterocycles. The van der Waals surface area contributed by atoms with Crippen LogP contribution in [0.25, 0.3) is 21.8 Å². The van der Waals surface area contributed by atoms with Gasteiger partial charge in [0.15, 0.2) is 11.4 Å². The third kappa shape index (κ3) is 4.71. The highest BCUT2D eigenvalue weighted by molar-refractivity contribution is 5.96. The Morgan fingerprint density at radius 3 is 1.35 bits per heavy atom. The van der Waals surface area contributed by atoms with E-state index in [0.717, 1.165) is 22.2 Å². The van der Waals surface area contributed by atoms with Gasteiger partial charge in [0.25, 0.3) is 0 Å². The monoisotopic (exact) mass is 528 g/mol. The Hall–Kier alpha value is -5.57. The van der Waals surface area contributed by atoms with Crippen molar-refractivity contribution in [1.82, 2.24) is 9.13 Å². The SMILES string of the molecule is O=C(N=Nc1c(O)n(Cc2ccccc2)c2ccccc12)N=Nc1c(O)n(Cc2ccccc2)c2ccccc12. The minimum atomic E-state index is -0.974. The molecule has 0 spiro atoms. The molecule has 2 amide bonds. The Kier molecular flexibility index (Phi) is 6.60. The first-order valence-electron chi connectivity index (χ1n) is 12.7. The van der Waals surface area contributed by atoms with Gasteiger partial charge in [-0.1, -0.05) is 107 Å². The molecule has 2 N–H and O–H groups in total. The number of aromatic nitrogens is 2. The summed E-state index contributed by atoms with van der Waals surface area (Å²) < 4.78 is 3.43. The second kappa shape index (κ2) is 10.7. The molecule has 2 aromatic heterocycles. The fourth-order valence-corrected chi connectivity index (χ4v) is 4.80. The number of amides is 2. The molecule has 6 rings (SSSR count). The van der Waals surface area contributed by atoms with E-state index in [4.69, 9.17) is 0 Å². The lowest BCUT2D eigenvalue weighted by Gasteiger charge is -2.06. The Labute approximate surface area is 229 Å². The van der Waals surface area contributed by atoms with Crippen LogP contribution in [0.1, 0.15) is 11.1 Å². The van der Waals surface area contributed by atoms with Crippen LogP contribution in [0.2, 0.25) is 0 Å². The first kappa shape index (κ1) is 24.7. The van der Waals surface area contributed by atoms with E-state index in [-0.39, 0.29) is 23.1 Å². The summed E-state index contributed by atoms with van der Waals surface area (Å²) in [7, 11) is 0. The van der Waals surface area contributed by atoms with Crippen LogP contribution < -0.4 is 0 Å². The molecule has 0 aliphatic carbocycles. The van der Waals surface area contributed by atoms with Crippen molar-refractivity contribution in [2.24, 2.45) is 20.5 Å². The molecule has 0 aliphatic rings. The van der Waals surface area contributed by atoms with Crippen LogP contribution in [0, 0.1) is 0 Å². The molecule has 9 heteroatoms. The van der Waals surface area contributed by atoms with E-state index in [1.807, 2.05) is 97.1 Å². The zero-order valence-corrected chi connectivity index (χ0v) is 21.3. The zero-order chi connectivity index (χ0) is 27.5. The topological polar surface area (TPSA) is 117 Å². The first-order chi connectivity index (χ1) is 19.6. The van der Waals surface area contributed by atoms with E-state index in [1.54, 1.807) is 21.3 Å². The Bertz CT molecular complexity index is 1750. The number of carbonyl (C=O) groups excluding carboxylic acids is 1. The largest absolute Gasteiger partial charge is 0.493 e. The summed E-state index contributed by atoms with van der Waals surface area (Å²) in [6.07, 6.45) is 0. The van der Waals surface area contributed by atoms with E-state index in [1.165, 1.54) is 0 Å². The van der Waals surface area contributed by atoms with Gasteiger partial charge in [0.1, 0.15) is 0 Å². The van der Waals surface area contributed by atoms with Crippen molar-refractivity contribution in [3.05, 3.63) is 120 Å². The number of hydrogen-bond donors (Lipinski definition) is 2. The van der Waals surface area contributed by atoms with Gasteiger partial charge in [0, 0.05) is 10.8 Å². The average Bonchev–Trinajstić information content (AvgIpc) is 3.41. The maximum Gasteiger partial charge on any atom is 0.404 e. The predicted molar refractivity (Wildman–Crippen MR) is 153 cm³/mol. The zero-order valence-electron chi connectivity index (χ0n) is 21.3. The predicted octanol–water partition coefficient (Wildman–Crippen LogP) is 8.09. The number of nitrogens with zero attached hydrogens (tertiary/aromatic N) is 6. The standard InChI is InChI=1S/C31H24N6O3/c38-29-27(23-15-7-9-17-25(23)36(29)19-21-11-3-1-4-12-21)32-34-31(40)35-33-28-24-16-8-10-18-26(24)37(30(28)39)20-22-13-5-2-6-14-22/h1-18,38-39H,19-20H2. The summed E-state index contributed by atoms with van der Waals surface area (Å²) in [5.74, 6) is -0.222. The van der Waals surface area contributed by atoms with Crippen molar-refractivity contribution < 1.29 is 15.0 Å². The fraction of sp³-hybridized carbons (Fsp3) is 0.0645. The third-order valence-electron chi connectivity index (χ3n) is 6.67. The first-order valence-corrected chi connectivity index (χ1v) is 12.7. The lowest BCUT2D eigenvalue weighted by atomic mass is 10.2. The van der Waals surface area contributed by atoms with Gasteiger partial charge in [-0.15, -0.1) is 10.2 Å². The number of para-hydroxylation sites is 2. The molecule has 0 atom stereocenters. The van der Waals surface area contributed by atoms with Crippen molar-refractivity contribution in [3.8, 4) is 11.8 Å². The number of hydrogen-bond acceptors (Lipinski definition) is 5. The molecular weight excluding hydrogens is 504 g/mol. The van der Waals surface area contributed by atoms with Crippen LogP contribution in [0.15, 0.2) is 130 Å². The highest BCUT2D eigenvalue weighted by Gasteiger charge is 2.18. The van der Waals surface area contributed by atoms with Crippen molar-refractivity contribution in [2.45, 2.75) is 13.1 Å². The molecule has 0 fully saturated rings. The van der Waals surface area contributed by atoms with Crippen LogP contribution >= 0.6 is 0 Å². The molecule has 0 saturated heterocycles. The van der Waals surface area contributed by atoms with Gasteiger partial charge in [-0.25, -0.2) is 4.79 Å². The molecule has 0 unspecified atom stereocenters. The summed E-state index contributed by atoms with van der Waals surface area (Å²) in [4.78, 5) is 12.6. The van der Waals surface area contributed by atoms with Crippen molar-refractivity contribution in [2.75, 3.05) is 0 Å². The maximum absolute atomic E-state index is 12.6. The van der Waals surface area contributed by atoms with E-state index in [9.17, 15) is 15.0 Å². The van der Waals surface area contributed by atoms with Gasteiger partial charge in [0.05, 0.1) is 24.1 Å². The summed E-state index contributed by atoms with van der Waals surface area (Å²) in [6, 6.07) is 33.2. The molecular formula is C31H24N6O3. The summed E-state index contributed by atoms with van der Waals surface area (Å²) in [6.45, 7) is 0.839. The Morgan fingerprint density at radius 2 is 0.925 bits per heavy atom. The number of rotatable bonds is 6. The normalized spacial score (nSPS) is 11.8. The number of benzene rings is 4. The second-order valence-corrected chi connectivity index (χ2v) is 9.20. The molecule has 2 heterocycles. The van der Waals surface area contributed by atoms with Gasteiger partial charge < -0.3 is 19.3 Å². The van der Waals surface area contributed by atoms with Crippen LogP contribution in [-0.2, 0) is 13.1 Å². The number of urea groups is 1. The van der Waals surface area contributed by atoms with Crippen molar-refractivity contribution in [3.63, 3.8) is 0 Å². The van der Waals surface area contributed by atoms with Crippen molar-refractivity contribution in [1.29, 1.82) is 0 Å². The molecule has 6 aromatic rings. The minimum absolute atomic E-state index is 0.111. The number of aromatic hydroxyl groups is 2. The molecule has 0 radical (unpaired) electrons. The van der Waals surface area contributed by atoms with Crippen molar-refractivity contribution >= 4 is 39.2 Å². The van der Waals surface area contributed by atoms with E-state index in [0.29, 0.717) is 23.9 Å². The average molecular weight is 529 g/mol. The van der Waals surface area contributed by atoms with E-state index >= 15 is 0 Å². The highest BCUT2D eigenvalue weighted by atomic mass is 16.3.